The Morgan fingerprint density at radius 2 is 2.09 bits per heavy atom. The first-order chi connectivity index (χ1) is 16.2. The zero-order valence-corrected chi connectivity index (χ0v) is 18.2. The molecule has 3 heterocycles. The van der Waals surface area contributed by atoms with Gasteiger partial charge in [-0.05, 0) is 48.7 Å². The van der Waals surface area contributed by atoms with Crippen LogP contribution in [0.3, 0.4) is 0 Å². The molecule has 7 nitrogen and oxygen atoms in total. The number of Topliss-reactive ketones (excluding diaryl/α,β-unsaturated/α-hetero) is 1. The molecule has 33 heavy (non-hydrogen) atoms. The van der Waals surface area contributed by atoms with Gasteiger partial charge in [-0.1, -0.05) is 6.07 Å². The third kappa shape index (κ3) is 4.85. The van der Waals surface area contributed by atoms with Gasteiger partial charge in [-0.15, -0.1) is 0 Å². The van der Waals surface area contributed by atoms with Crippen molar-refractivity contribution in [3.8, 4) is 17.2 Å². The molecule has 8 heteroatoms. The summed E-state index contributed by atoms with van der Waals surface area (Å²) in [6, 6.07) is 10.5. The number of ether oxygens (including phenoxy) is 3. The molecule has 5 rings (SSSR count). The van der Waals surface area contributed by atoms with Gasteiger partial charge < -0.3 is 24.5 Å². The van der Waals surface area contributed by atoms with E-state index in [1.807, 2.05) is 18.2 Å². The second-order valence-corrected chi connectivity index (χ2v) is 8.38. The van der Waals surface area contributed by atoms with Gasteiger partial charge >= 0.3 is 0 Å². The lowest BCUT2D eigenvalue weighted by molar-refractivity contribution is 0.0978. The highest BCUT2D eigenvalue weighted by molar-refractivity contribution is 5.96. The van der Waals surface area contributed by atoms with E-state index in [1.54, 1.807) is 24.5 Å². The fraction of sp³-hybridized carbons (Fsp3) is 0.360. The quantitative estimate of drug-likeness (QED) is 0.506. The number of rotatable bonds is 8. The molecule has 0 aliphatic carbocycles. The smallest absolute Gasteiger partial charge is 0.231 e. The lowest BCUT2D eigenvalue weighted by Crippen LogP contribution is -2.38. The Kier molecular flexibility index (Phi) is 6.26. The van der Waals surface area contributed by atoms with E-state index in [2.05, 4.69) is 15.3 Å². The normalized spacial score (nSPS) is 19.4. The first-order valence-electron chi connectivity index (χ1n) is 11.2. The van der Waals surface area contributed by atoms with E-state index < -0.39 is 5.82 Å². The third-order valence-corrected chi connectivity index (χ3v) is 6.28. The molecule has 2 aliphatic heterocycles. The number of halogens is 1. The number of hydrogen-bond acceptors (Lipinski definition) is 6. The van der Waals surface area contributed by atoms with Gasteiger partial charge in [-0.2, -0.15) is 0 Å². The van der Waals surface area contributed by atoms with Gasteiger partial charge in [0.1, 0.15) is 17.4 Å². The molecule has 0 radical (unpaired) electrons. The van der Waals surface area contributed by atoms with Crippen LogP contribution < -0.4 is 19.5 Å². The molecule has 1 fully saturated rings. The van der Waals surface area contributed by atoms with Gasteiger partial charge in [-0.3, -0.25) is 4.79 Å². The van der Waals surface area contributed by atoms with Gasteiger partial charge in [-0.25, -0.2) is 9.37 Å². The van der Waals surface area contributed by atoms with Crippen molar-refractivity contribution in [1.82, 2.24) is 15.3 Å². The Hall–Kier alpha value is -3.39. The van der Waals surface area contributed by atoms with Crippen molar-refractivity contribution in [1.29, 1.82) is 0 Å². The number of nitrogens with one attached hydrogen (secondary N) is 2. The van der Waals surface area contributed by atoms with Crippen LogP contribution in [0.4, 0.5) is 4.39 Å². The molecular weight excluding hydrogens is 425 g/mol. The third-order valence-electron chi connectivity index (χ3n) is 6.28. The van der Waals surface area contributed by atoms with Crippen molar-refractivity contribution in [2.24, 2.45) is 5.92 Å². The minimum atomic E-state index is -0.481. The number of aromatic nitrogens is 2. The Balaban J connectivity index is 1.28. The van der Waals surface area contributed by atoms with Gasteiger partial charge in [0.05, 0.1) is 12.2 Å². The number of H-pyrrole nitrogens is 1. The minimum absolute atomic E-state index is 0.146. The maximum atomic E-state index is 14.5. The largest absolute Gasteiger partial charge is 0.493 e. The van der Waals surface area contributed by atoms with E-state index in [9.17, 15) is 9.18 Å². The summed E-state index contributed by atoms with van der Waals surface area (Å²) < 4.78 is 31.4. The second kappa shape index (κ2) is 9.62. The topological polar surface area (TPSA) is 85.5 Å². The summed E-state index contributed by atoms with van der Waals surface area (Å²) >= 11 is 0. The second-order valence-electron chi connectivity index (χ2n) is 8.38. The van der Waals surface area contributed by atoms with Gasteiger partial charge in [0.25, 0.3) is 0 Å². The fourth-order valence-electron chi connectivity index (χ4n) is 4.50. The summed E-state index contributed by atoms with van der Waals surface area (Å²) in [5.74, 6) is 2.49. The summed E-state index contributed by atoms with van der Waals surface area (Å²) in [5.41, 5.74) is 1.12. The maximum absolute atomic E-state index is 14.5. The number of ketones is 1. The molecule has 172 valence electrons. The predicted molar refractivity (Wildman–Crippen MR) is 119 cm³/mol. The summed E-state index contributed by atoms with van der Waals surface area (Å²) in [4.78, 5) is 19.8. The van der Waals surface area contributed by atoms with Crippen LogP contribution in [0.1, 0.15) is 40.5 Å². The summed E-state index contributed by atoms with van der Waals surface area (Å²) in [7, 11) is 0. The van der Waals surface area contributed by atoms with E-state index in [-0.39, 0.29) is 36.4 Å². The first kappa shape index (κ1) is 21.5. The number of aromatic amines is 1. The van der Waals surface area contributed by atoms with Crippen LogP contribution in [0.15, 0.2) is 48.8 Å². The van der Waals surface area contributed by atoms with E-state index in [1.165, 1.54) is 6.07 Å². The molecule has 0 saturated carbocycles. The number of hydrogen-bond donors (Lipinski definition) is 2. The van der Waals surface area contributed by atoms with Gasteiger partial charge in [0.15, 0.2) is 17.3 Å². The van der Waals surface area contributed by atoms with Gasteiger partial charge in [0.2, 0.25) is 6.79 Å². The maximum Gasteiger partial charge on any atom is 0.231 e. The highest BCUT2D eigenvalue weighted by Gasteiger charge is 2.28. The van der Waals surface area contributed by atoms with Crippen LogP contribution in [-0.2, 0) is 6.42 Å². The average Bonchev–Trinajstić information content (AvgIpc) is 3.53. The Morgan fingerprint density at radius 1 is 1.18 bits per heavy atom. The molecule has 2 N–H and O–H groups in total. The summed E-state index contributed by atoms with van der Waals surface area (Å²) in [5, 5.41) is 3.42. The molecular formula is C25H26FN3O4. The van der Waals surface area contributed by atoms with Crippen molar-refractivity contribution in [3.63, 3.8) is 0 Å². The molecule has 2 aromatic carbocycles. The molecule has 1 saturated heterocycles. The van der Waals surface area contributed by atoms with Crippen molar-refractivity contribution in [2.45, 2.75) is 25.2 Å². The number of carbonyl (C=O) groups is 1. The Labute approximate surface area is 191 Å². The van der Waals surface area contributed by atoms with Crippen molar-refractivity contribution >= 4 is 5.78 Å². The molecule has 2 aliphatic rings. The van der Waals surface area contributed by atoms with Crippen LogP contribution >= 0.6 is 0 Å². The number of nitrogens with zero attached hydrogens (tertiary/aromatic N) is 1. The van der Waals surface area contributed by atoms with Crippen molar-refractivity contribution in [2.75, 3.05) is 26.5 Å². The standard InChI is InChI=1S/C25H26FN3O4/c26-21-3-1-16(11-20(21)22(30)4-6-25-28-9-10-29-25)19-7-8-27-13-17(19)14-31-18-2-5-23-24(12-18)33-15-32-23/h1-3,5,9-12,17,19,27H,4,6-8,13-15H2,(H,28,29)/t17-,19-/m0/s1. The Bertz CT molecular complexity index is 1120. The predicted octanol–water partition coefficient (Wildman–Crippen LogP) is 3.87. The average molecular weight is 451 g/mol. The summed E-state index contributed by atoms with van der Waals surface area (Å²) in [6.07, 6.45) is 4.90. The van der Waals surface area contributed by atoms with E-state index in [0.717, 1.165) is 42.4 Å². The van der Waals surface area contributed by atoms with E-state index in [0.29, 0.717) is 18.8 Å². The number of fused-ring (bicyclic) bond motifs is 1. The first-order valence-corrected chi connectivity index (χ1v) is 11.2. The molecule has 0 amide bonds. The molecule has 0 bridgehead atoms. The minimum Gasteiger partial charge on any atom is -0.493 e. The molecule has 1 aromatic heterocycles. The molecule has 2 atom stereocenters. The number of carbonyl (C=O) groups excluding carboxylic acids is 1. The monoisotopic (exact) mass is 451 g/mol. The van der Waals surface area contributed by atoms with Gasteiger partial charge in [0, 0.05) is 43.8 Å². The highest BCUT2D eigenvalue weighted by Crippen LogP contribution is 2.36. The summed E-state index contributed by atoms with van der Waals surface area (Å²) in [6.45, 7) is 2.37. The van der Waals surface area contributed by atoms with Crippen LogP contribution in [0.25, 0.3) is 0 Å². The SMILES string of the molecule is O=C(CCc1ncc[nH]1)c1cc([C@@H]2CCNC[C@H]2COc2ccc3c(c2)OCO3)ccc1F. The van der Waals surface area contributed by atoms with Crippen LogP contribution in [0, 0.1) is 11.7 Å². The lowest BCUT2D eigenvalue weighted by atomic mass is 9.80. The Morgan fingerprint density at radius 3 is 2.97 bits per heavy atom. The van der Waals surface area contributed by atoms with Crippen molar-refractivity contribution < 1.29 is 23.4 Å². The zero-order chi connectivity index (χ0) is 22.6. The van der Waals surface area contributed by atoms with E-state index >= 15 is 0 Å². The number of piperidine rings is 1. The van der Waals surface area contributed by atoms with Crippen molar-refractivity contribution in [3.05, 3.63) is 71.6 Å². The highest BCUT2D eigenvalue weighted by atomic mass is 19.1. The van der Waals surface area contributed by atoms with Crippen LogP contribution in [0.2, 0.25) is 0 Å². The zero-order valence-electron chi connectivity index (χ0n) is 18.2. The van der Waals surface area contributed by atoms with E-state index in [4.69, 9.17) is 14.2 Å². The van der Waals surface area contributed by atoms with Crippen LogP contribution in [-0.4, -0.2) is 42.2 Å². The fourth-order valence-corrected chi connectivity index (χ4v) is 4.50. The number of benzene rings is 2. The molecule has 0 spiro atoms. The number of aryl methyl sites for hydroxylation is 1. The lowest BCUT2D eigenvalue weighted by Gasteiger charge is -2.32. The van der Waals surface area contributed by atoms with Crippen LogP contribution in [0.5, 0.6) is 17.2 Å². The molecule has 3 aromatic rings. The molecule has 0 unspecified atom stereocenters. The number of imidazole rings is 1.